The number of aryl methyl sites for hydroxylation is 3. The number of nitrogens with one attached hydrogen (secondary N) is 1. The predicted molar refractivity (Wildman–Crippen MR) is 141 cm³/mol. The summed E-state index contributed by atoms with van der Waals surface area (Å²) in [5, 5.41) is 0. The van der Waals surface area contributed by atoms with Crippen molar-refractivity contribution in [2.75, 3.05) is 20.8 Å². The highest BCUT2D eigenvalue weighted by Crippen LogP contribution is 2.41. The summed E-state index contributed by atoms with van der Waals surface area (Å²) in [6.45, 7) is 10.9. The second-order valence-electron chi connectivity index (χ2n) is 9.12. The Balaban J connectivity index is 1.56. The van der Waals surface area contributed by atoms with E-state index in [1.54, 1.807) is 25.6 Å². The van der Waals surface area contributed by atoms with Crippen molar-refractivity contribution in [3.05, 3.63) is 75.9 Å². The molecule has 0 spiro atoms. The number of nitrogens with zero attached hydrogens (tertiary/aromatic N) is 2. The molecule has 180 valence electrons. The zero-order valence-corrected chi connectivity index (χ0v) is 21.5. The van der Waals surface area contributed by atoms with Crippen LogP contribution in [-0.4, -0.2) is 41.5 Å². The third kappa shape index (κ3) is 4.00. The van der Waals surface area contributed by atoms with Gasteiger partial charge >= 0.3 is 0 Å². The summed E-state index contributed by atoms with van der Waals surface area (Å²) in [5.74, 6) is 2.03. The van der Waals surface area contributed by atoms with Gasteiger partial charge < -0.3 is 19.4 Å². The van der Waals surface area contributed by atoms with E-state index in [4.69, 9.17) is 14.5 Å². The molecule has 5 rings (SSSR count). The number of likely N-dealkylation sites (tertiary alicyclic amines) is 1. The molecule has 1 saturated heterocycles. The second kappa shape index (κ2) is 8.89. The molecule has 1 fully saturated rings. The molecule has 7 heteroatoms. The Labute approximate surface area is 209 Å². The number of aromatic amines is 1. The first kappa shape index (κ1) is 23.2. The number of aromatic nitrogens is 2. The number of benzene rings is 2. The maximum absolute atomic E-state index is 14.0. The monoisotopic (exact) mass is 487 g/mol. The molecule has 6 nitrogen and oxygen atoms in total. The van der Waals surface area contributed by atoms with Crippen LogP contribution in [0.3, 0.4) is 0 Å². The van der Waals surface area contributed by atoms with Crippen LogP contribution in [0.5, 0.6) is 11.5 Å². The van der Waals surface area contributed by atoms with Gasteiger partial charge in [0.25, 0.3) is 5.91 Å². The fourth-order valence-corrected chi connectivity index (χ4v) is 5.74. The lowest BCUT2D eigenvalue weighted by Gasteiger charge is -2.23. The Morgan fingerprint density at radius 1 is 1.09 bits per heavy atom. The lowest BCUT2D eigenvalue weighted by atomic mass is 10.0. The number of hydrogen-bond acceptors (Lipinski definition) is 5. The summed E-state index contributed by atoms with van der Waals surface area (Å²) in [5.41, 5.74) is 6.69. The molecule has 0 radical (unpaired) electrons. The molecule has 1 unspecified atom stereocenters. The Morgan fingerprint density at radius 2 is 1.83 bits per heavy atom. The van der Waals surface area contributed by atoms with E-state index in [1.165, 1.54) is 11.1 Å². The molecule has 3 heterocycles. The number of imidazole rings is 1. The first-order valence-electron chi connectivity index (χ1n) is 11.6. The summed E-state index contributed by atoms with van der Waals surface area (Å²) >= 11 is 1.65. The molecular formula is C28H29N3O3S. The third-order valence-corrected chi connectivity index (χ3v) is 7.81. The molecule has 2 aromatic heterocycles. The van der Waals surface area contributed by atoms with Crippen LogP contribution in [0.15, 0.2) is 48.6 Å². The predicted octanol–water partition coefficient (Wildman–Crippen LogP) is 6.38. The van der Waals surface area contributed by atoms with Crippen molar-refractivity contribution in [1.29, 1.82) is 0 Å². The Kier molecular flexibility index (Phi) is 5.89. The summed E-state index contributed by atoms with van der Waals surface area (Å²) in [4.78, 5) is 26.2. The minimum absolute atomic E-state index is 0.00869. The van der Waals surface area contributed by atoms with Gasteiger partial charge in [0.2, 0.25) is 0 Å². The maximum atomic E-state index is 14.0. The van der Waals surface area contributed by atoms with Crippen molar-refractivity contribution in [2.24, 2.45) is 0 Å². The summed E-state index contributed by atoms with van der Waals surface area (Å²) in [6.07, 6.45) is 0.651. The van der Waals surface area contributed by atoms with E-state index in [1.807, 2.05) is 30.0 Å². The number of carbonyl (C=O) groups excluding carboxylic acids is 1. The first-order valence-corrected chi connectivity index (χ1v) is 12.4. The molecular weight excluding hydrogens is 458 g/mol. The van der Waals surface area contributed by atoms with Crippen molar-refractivity contribution >= 4 is 28.3 Å². The van der Waals surface area contributed by atoms with Crippen LogP contribution in [-0.2, 0) is 0 Å². The maximum Gasteiger partial charge on any atom is 0.256 e. The van der Waals surface area contributed by atoms with Gasteiger partial charge in [-0.05, 0) is 62.1 Å². The van der Waals surface area contributed by atoms with Crippen LogP contribution in [0.25, 0.3) is 21.5 Å². The number of methoxy groups -OCH3 is 2. The van der Waals surface area contributed by atoms with E-state index < -0.39 is 0 Å². The average Bonchev–Trinajstić information content (AvgIpc) is 3.56. The molecule has 1 aliphatic rings. The van der Waals surface area contributed by atoms with Gasteiger partial charge in [0.1, 0.15) is 28.4 Å². The molecule has 1 aliphatic heterocycles. The van der Waals surface area contributed by atoms with Crippen molar-refractivity contribution < 1.29 is 14.3 Å². The number of H-pyrrole nitrogens is 1. The highest BCUT2D eigenvalue weighted by atomic mass is 32.1. The summed E-state index contributed by atoms with van der Waals surface area (Å²) in [7, 11) is 3.25. The molecule has 4 aromatic rings. The molecule has 0 aliphatic carbocycles. The van der Waals surface area contributed by atoms with Gasteiger partial charge in [-0.25, -0.2) is 4.98 Å². The highest BCUT2D eigenvalue weighted by molar-refractivity contribution is 7.15. The van der Waals surface area contributed by atoms with E-state index in [9.17, 15) is 4.79 Å². The van der Waals surface area contributed by atoms with E-state index in [0.717, 1.165) is 32.0 Å². The molecule has 1 atom stereocenters. The number of rotatable bonds is 5. The fraction of sp³-hybridized carbons (Fsp3) is 0.286. The number of ether oxygens (including phenoxy) is 2. The van der Waals surface area contributed by atoms with Crippen LogP contribution in [0.4, 0.5) is 0 Å². The number of carbonyl (C=O) groups is 1. The largest absolute Gasteiger partial charge is 0.494 e. The number of amides is 1. The first-order chi connectivity index (χ1) is 16.8. The Bertz CT molecular complexity index is 1420. The van der Waals surface area contributed by atoms with Crippen LogP contribution in [0.2, 0.25) is 0 Å². The summed E-state index contributed by atoms with van der Waals surface area (Å²) < 4.78 is 11.0. The van der Waals surface area contributed by atoms with Crippen LogP contribution in [0, 0.1) is 20.8 Å². The van der Waals surface area contributed by atoms with Gasteiger partial charge in [-0.2, -0.15) is 0 Å². The fourth-order valence-electron chi connectivity index (χ4n) is 4.74. The Morgan fingerprint density at radius 3 is 2.54 bits per heavy atom. The lowest BCUT2D eigenvalue weighted by Crippen LogP contribution is -2.31. The van der Waals surface area contributed by atoms with Crippen molar-refractivity contribution in [3.8, 4) is 21.9 Å². The zero-order valence-electron chi connectivity index (χ0n) is 20.7. The van der Waals surface area contributed by atoms with Gasteiger partial charge in [-0.15, -0.1) is 11.3 Å². The molecule has 0 saturated carbocycles. The van der Waals surface area contributed by atoms with Crippen LogP contribution >= 0.6 is 11.3 Å². The van der Waals surface area contributed by atoms with Crippen molar-refractivity contribution in [1.82, 2.24) is 14.9 Å². The minimum Gasteiger partial charge on any atom is -0.494 e. The molecule has 0 bridgehead atoms. The average molecular weight is 488 g/mol. The van der Waals surface area contributed by atoms with Crippen molar-refractivity contribution in [3.63, 3.8) is 0 Å². The normalized spacial score (nSPS) is 15.7. The van der Waals surface area contributed by atoms with Gasteiger partial charge in [-0.1, -0.05) is 30.4 Å². The van der Waals surface area contributed by atoms with E-state index in [-0.39, 0.29) is 11.9 Å². The highest BCUT2D eigenvalue weighted by Gasteiger charge is 2.36. The van der Waals surface area contributed by atoms with E-state index >= 15 is 0 Å². The Hall–Kier alpha value is -3.58. The third-order valence-electron chi connectivity index (χ3n) is 6.71. The molecule has 2 aromatic carbocycles. The quantitative estimate of drug-likeness (QED) is 0.332. The standard InChI is InChI=1S/C28H29N3O3S/c1-15-11-21(27-29-24-22(33-5)9-10-23(34-6)25(24)30-27)31(14-15)28(32)20-13-18(4)35-26(20)19-8-7-16(2)17(3)12-19/h7-10,12-13,21H,1,11,14H2,2-6H3,(H,29,30). The van der Waals surface area contributed by atoms with E-state index in [0.29, 0.717) is 35.8 Å². The van der Waals surface area contributed by atoms with Gasteiger partial charge in [0, 0.05) is 16.3 Å². The topological polar surface area (TPSA) is 67.5 Å². The molecule has 1 amide bonds. The number of hydrogen-bond donors (Lipinski definition) is 1. The second-order valence-corrected chi connectivity index (χ2v) is 10.4. The summed E-state index contributed by atoms with van der Waals surface area (Å²) in [6, 6.07) is 11.8. The molecule has 35 heavy (non-hydrogen) atoms. The van der Waals surface area contributed by atoms with Crippen LogP contribution in [0.1, 0.15) is 44.6 Å². The lowest BCUT2D eigenvalue weighted by molar-refractivity contribution is 0.0734. The SMILES string of the molecule is C=C1CC(c2nc3c(OC)ccc(OC)c3[nH]2)N(C(=O)c2cc(C)sc2-c2ccc(C)c(C)c2)C1. The van der Waals surface area contributed by atoms with Gasteiger partial charge in [-0.3, -0.25) is 4.79 Å². The molecule has 1 N–H and O–H groups in total. The van der Waals surface area contributed by atoms with Gasteiger partial charge in [0.05, 0.1) is 25.8 Å². The van der Waals surface area contributed by atoms with Crippen molar-refractivity contribution in [2.45, 2.75) is 33.2 Å². The van der Waals surface area contributed by atoms with Gasteiger partial charge in [0.15, 0.2) is 0 Å². The minimum atomic E-state index is -0.246. The van der Waals surface area contributed by atoms with Crippen LogP contribution < -0.4 is 9.47 Å². The number of thiophene rings is 1. The zero-order chi connectivity index (χ0) is 24.9. The van der Waals surface area contributed by atoms with E-state index in [2.05, 4.69) is 43.6 Å². The number of fused-ring (bicyclic) bond motifs is 1. The smallest absolute Gasteiger partial charge is 0.256 e.